The van der Waals surface area contributed by atoms with Gasteiger partial charge in [-0.3, -0.25) is 0 Å². The molecule has 3 nitrogen and oxygen atoms in total. The van der Waals surface area contributed by atoms with Crippen LogP contribution in [0.2, 0.25) is 0 Å². The van der Waals surface area contributed by atoms with Crippen LogP contribution in [0.5, 0.6) is 0 Å². The minimum absolute atomic E-state index is 0.140. The first-order valence-corrected chi connectivity index (χ1v) is 7.93. The van der Waals surface area contributed by atoms with E-state index in [0.29, 0.717) is 5.92 Å². The quantitative estimate of drug-likeness (QED) is 0.862. The summed E-state index contributed by atoms with van der Waals surface area (Å²) in [6.45, 7) is 7.58. The molecule has 1 atom stereocenters. The van der Waals surface area contributed by atoms with Crippen LogP contribution >= 0.6 is 0 Å². The molecule has 0 saturated carbocycles. The third-order valence-corrected chi connectivity index (χ3v) is 4.69. The van der Waals surface area contributed by atoms with Crippen molar-refractivity contribution in [3.63, 3.8) is 0 Å². The van der Waals surface area contributed by atoms with Crippen molar-refractivity contribution >= 4 is 10.0 Å². The SMILES string of the molecule is CC(C)CC(NS(=O)(=O)C(C)C)c1ccccc1. The molecule has 0 heterocycles. The Morgan fingerprint density at radius 2 is 1.61 bits per heavy atom. The van der Waals surface area contributed by atoms with Gasteiger partial charge in [0.05, 0.1) is 5.25 Å². The lowest BCUT2D eigenvalue weighted by Gasteiger charge is -2.22. The highest BCUT2D eigenvalue weighted by atomic mass is 32.2. The number of hydrogen-bond acceptors (Lipinski definition) is 2. The van der Waals surface area contributed by atoms with Crippen LogP contribution in [-0.4, -0.2) is 13.7 Å². The second-order valence-corrected chi connectivity index (χ2v) is 7.57. The average molecular weight is 269 g/mol. The first kappa shape index (κ1) is 15.2. The molecular weight excluding hydrogens is 246 g/mol. The molecule has 1 aromatic rings. The van der Waals surface area contributed by atoms with Gasteiger partial charge in [0, 0.05) is 6.04 Å². The van der Waals surface area contributed by atoms with Gasteiger partial charge in [-0.1, -0.05) is 44.2 Å². The van der Waals surface area contributed by atoms with E-state index in [-0.39, 0.29) is 6.04 Å². The van der Waals surface area contributed by atoms with Gasteiger partial charge in [0.2, 0.25) is 10.0 Å². The molecule has 0 spiro atoms. The second-order valence-electron chi connectivity index (χ2n) is 5.30. The van der Waals surface area contributed by atoms with Crippen molar-refractivity contribution in [3.8, 4) is 0 Å². The fourth-order valence-corrected chi connectivity index (χ4v) is 2.64. The van der Waals surface area contributed by atoms with Crippen LogP contribution < -0.4 is 4.72 Å². The van der Waals surface area contributed by atoms with Gasteiger partial charge in [-0.15, -0.1) is 0 Å². The monoisotopic (exact) mass is 269 g/mol. The third-order valence-electron chi connectivity index (χ3n) is 2.84. The van der Waals surface area contributed by atoms with Crippen molar-refractivity contribution < 1.29 is 8.42 Å². The van der Waals surface area contributed by atoms with Crippen LogP contribution in [0, 0.1) is 5.92 Å². The molecule has 4 heteroatoms. The molecular formula is C14H23NO2S. The Morgan fingerprint density at radius 1 is 1.06 bits per heavy atom. The minimum Gasteiger partial charge on any atom is -0.212 e. The van der Waals surface area contributed by atoms with E-state index in [0.717, 1.165) is 12.0 Å². The predicted octanol–water partition coefficient (Wildman–Crippen LogP) is 3.10. The van der Waals surface area contributed by atoms with Crippen LogP contribution in [0.15, 0.2) is 30.3 Å². The van der Waals surface area contributed by atoms with Crippen LogP contribution in [0.4, 0.5) is 0 Å². The van der Waals surface area contributed by atoms with Crippen molar-refractivity contribution in [2.45, 2.75) is 45.4 Å². The van der Waals surface area contributed by atoms with Crippen molar-refractivity contribution in [1.29, 1.82) is 0 Å². The molecule has 1 aromatic carbocycles. The van der Waals surface area contributed by atoms with Crippen molar-refractivity contribution in [2.24, 2.45) is 5.92 Å². The smallest absolute Gasteiger partial charge is 0.212 e. The zero-order valence-electron chi connectivity index (χ0n) is 11.6. The largest absolute Gasteiger partial charge is 0.214 e. The molecule has 1 rings (SSSR count). The van der Waals surface area contributed by atoms with E-state index in [1.54, 1.807) is 13.8 Å². The number of rotatable bonds is 6. The van der Waals surface area contributed by atoms with Gasteiger partial charge in [0.1, 0.15) is 0 Å². The Labute approximate surface area is 111 Å². The van der Waals surface area contributed by atoms with Gasteiger partial charge in [-0.05, 0) is 31.7 Å². The summed E-state index contributed by atoms with van der Waals surface area (Å²) in [5.74, 6) is 0.435. The standard InChI is InChI=1S/C14H23NO2S/c1-11(2)10-14(13-8-6-5-7-9-13)15-18(16,17)12(3)4/h5-9,11-12,14-15H,10H2,1-4H3. The number of nitrogens with one attached hydrogen (secondary N) is 1. The summed E-state index contributed by atoms with van der Waals surface area (Å²) in [7, 11) is -3.24. The first-order valence-electron chi connectivity index (χ1n) is 6.39. The van der Waals surface area contributed by atoms with Crippen LogP contribution in [-0.2, 0) is 10.0 Å². The summed E-state index contributed by atoms with van der Waals surface area (Å²) < 4.78 is 26.8. The third kappa shape index (κ3) is 4.42. The Kier molecular flexibility index (Phi) is 5.35. The normalized spacial score (nSPS) is 14.1. The van der Waals surface area contributed by atoms with Gasteiger partial charge in [0.25, 0.3) is 0 Å². The predicted molar refractivity (Wildman–Crippen MR) is 75.8 cm³/mol. The Balaban J connectivity index is 2.94. The summed E-state index contributed by atoms with van der Waals surface area (Å²) >= 11 is 0. The molecule has 0 amide bonds. The van der Waals surface area contributed by atoms with Crippen molar-refractivity contribution in [1.82, 2.24) is 4.72 Å². The summed E-state index contributed by atoms with van der Waals surface area (Å²) in [6, 6.07) is 9.61. The molecule has 0 aliphatic carbocycles. The summed E-state index contributed by atoms with van der Waals surface area (Å²) in [6.07, 6.45) is 0.802. The molecule has 1 N–H and O–H groups in total. The first-order chi connectivity index (χ1) is 8.33. The van der Waals surface area contributed by atoms with E-state index in [9.17, 15) is 8.42 Å². The Hall–Kier alpha value is -0.870. The fraction of sp³-hybridized carbons (Fsp3) is 0.571. The van der Waals surface area contributed by atoms with Crippen molar-refractivity contribution in [2.75, 3.05) is 0 Å². The van der Waals surface area contributed by atoms with E-state index in [4.69, 9.17) is 0 Å². The molecule has 0 aromatic heterocycles. The van der Waals surface area contributed by atoms with E-state index >= 15 is 0 Å². The molecule has 0 radical (unpaired) electrons. The maximum Gasteiger partial charge on any atom is 0.214 e. The molecule has 0 saturated heterocycles. The lowest BCUT2D eigenvalue weighted by atomic mass is 9.98. The van der Waals surface area contributed by atoms with E-state index < -0.39 is 15.3 Å². The fourth-order valence-electron chi connectivity index (χ4n) is 1.74. The Morgan fingerprint density at radius 3 is 2.06 bits per heavy atom. The maximum absolute atomic E-state index is 12.0. The topological polar surface area (TPSA) is 46.2 Å². The van der Waals surface area contributed by atoms with E-state index in [1.807, 2.05) is 30.3 Å². The van der Waals surface area contributed by atoms with Crippen LogP contribution in [0.25, 0.3) is 0 Å². The summed E-state index contributed by atoms with van der Waals surface area (Å²) in [5, 5.41) is -0.407. The molecule has 1 unspecified atom stereocenters. The number of hydrogen-bond donors (Lipinski definition) is 1. The van der Waals surface area contributed by atoms with Gasteiger partial charge in [0.15, 0.2) is 0 Å². The molecule has 0 aliphatic rings. The number of benzene rings is 1. The maximum atomic E-state index is 12.0. The lowest BCUT2D eigenvalue weighted by molar-refractivity contribution is 0.469. The molecule has 0 aliphatic heterocycles. The molecule has 0 bridgehead atoms. The van der Waals surface area contributed by atoms with E-state index in [1.165, 1.54) is 0 Å². The number of sulfonamides is 1. The average Bonchev–Trinajstić information content (AvgIpc) is 2.28. The minimum atomic E-state index is -3.24. The zero-order chi connectivity index (χ0) is 13.8. The zero-order valence-corrected chi connectivity index (χ0v) is 12.4. The molecule has 0 fully saturated rings. The second kappa shape index (κ2) is 6.34. The highest BCUT2D eigenvalue weighted by Gasteiger charge is 2.22. The van der Waals surface area contributed by atoms with Crippen LogP contribution in [0.1, 0.15) is 45.7 Å². The summed E-state index contributed by atoms with van der Waals surface area (Å²) in [4.78, 5) is 0. The van der Waals surface area contributed by atoms with Gasteiger partial charge in [-0.25, -0.2) is 13.1 Å². The molecule has 102 valence electrons. The lowest BCUT2D eigenvalue weighted by Crippen LogP contribution is -2.34. The Bertz CT molecular complexity index is 452. The van der Waals surface area contributed by atoms with Gasteiger partial charge < -0.3 is 0 Å². The van der Waals surface area contributed by atoms with E-state index in [2.05, 4.69) is 18.6 Å². The highest BCUT2D eigenvalue weighted by Crippen LogP contribution is 2.22. The van der Waals surface area contributed by atoms with Crippen LogP contribution in [0.3, 0.4) is 0 Å². The highest BCUT2D eigenvalue weighted by molar-refractivity contribution is 7.90. The van der Waals surface area contributed by atoms with Crippen molar-refractivity contribution in [3.05, 3.63) is 35.9 Å². The summed E-state index contributed by atoms with van der Waals surface area (Å²) in [5.41, 5.74) is 1.02. The molecule has 18 heavy (non-hydrogen) atoms. The van der Waals surface area contributed by atoms with Gasteiger partial charge in [-0.2, -0.15) is 0 Å². The van der Waals surface area contributed by atoms with Gasteiger partial charge >= 0.3 is 0 Å².